The van der Waals surface area contributed by atoms with Gasteiger partial charge in [0.2, 0.25) is 0 Å². The molecule has 1 heterocycles. The van der Waals surface area contributed by atoms with Gasteiger partial charge in [-0.1, -0.05) is 23.7 Å². The van der Waals surface area contributed by atoms with Gasteiger partial charge in [0.05, 0.1) is 10.7 Å². The molecule has 2 rings (SSSR count). The van der Waals surface area contributed by atoms with E-state index in [9.17, 15) is 0 Å². The Hall–Kier alpha value is -0.480. The van der Waals surface area contributed by atoms with Crippen molar-refractivity contribution >= 4 is 29.7 Å². The maximum Gasteiger partial charge on any atom is 0.0684 e. The van der Waals surface area contributed by atoms with Gasteiger partial charge in [0.25, 0.3) is 0 Å². The summed E-state index contributed by atoms with van der Waals surface area (Å²) >= 11 is 6.30. The molecule has 0 spiro atoms. The van der Waals surface area contributed by atoms with E-state index in [1.54, 1.807) is 0 Å². The summed E-state index contributed by atoms with van der Waals surface area (Å²) < 4.78 is 0. The lowest BCUT2D eigenvalue weighted by atomic mass is 10.1. The van der Waals surface area contributed by atoms with Crippen LogP contribution in [-0.4, -0.2) is 26.2 Å². The normalized spacial score (nSPS) is 15.8. The number of nitrogens with two attached hydrogens (primary N) is 1. The molecule has 0 bridgehead atoms. The molecule has 3 nitrogen and oxygen atoms in total. The molecular weight excluding hydrogens is 245 g/mol. The number of hydrogen-bond acceptors (Lipinski definition) is 3. The maximum absolute atomic E-state index is 6.30. The second-order valence-electron chi connectivity index (χ2n) is 3.69. The molecule has 1 aliphatic heterocycles. The summed E-state index contributed by atoms with van der Waals surface area (Å²) in [5, 5.41) is 4.13. The Balaban J connectivity index is 0.00000128. The van der Waals surface area contributed by atoms with E-state index in [-0.39, 0.29) is 12.4 Å². The highest BCUT2D eigenvalue weighted by atomic mass is 35.5. The van der Waals surface area contributed by atoms with Crippen molar-refractivity contribution in [3.63, 3.8) is 0 Å². The van der Waals surface area contributed by atoms with Gasteiger partial charge >= 0.3 is 0 Å². The van der Waals surface area contributed by atoms with E-state index in [0.717, 1.165) is 42.5 Å². The SMILES string of the molecule is Cl.NCc1cccc(N2CCNCC2)c1Cl. The first-order valence-electron chi connectivity index (χ1n) is 5.26. The van der Waals surface area contributed by atoms with Gasteiger partial charge in [0, 0.05) is 32.7 Å². The summed E-state index contributed by atoms with van der Waals surface area (Å²) in [4.78, 5) is 2.30. The lowest BCUT2D eigenvalue weighted by molar-refractivity contribution is 0.589. The predicted octanol–water partition coefficient (Wildman–Crippen LogP) is 1.63. The lowest BCUT2D eigenvalue weighted by Crippen LogP contribution is -2.43. The molecule has 16 heavy (non-hydrogen) atoms. The third-order valence-corrected chi connectivity index (χ3v) is 3.17. The Labute approximate surface area is 107 Å². The van der Waals surface area contributed by atoms with Crippen LogP contribution in [0.15, 0.2) is 18.2 Å². The first-order chi connectivity index (χ1) is 7.33. The third-order valence-electron chi connectivity index (χ3n) is 2.74. The number of hydrogen-bond donors (Lipinski definition) is 2. The van der Waals surface area contributed by atoms with Crippen LogP contribution in [0.4, 0.5) is 5.69 Å². The molecule has 0 radical (unpaired) electrons. The van der Waals surface area contributed by atoms with Crippen molar-refractivity contribution in [1.82, 2.24) is 5.32 Å². The molecular formula is C11H17Cl2N3. The van der Waals surface area contributed by atoms with E-state index >= 15 is 0 Å². The molecule has 0 atom stereocenters. The molecule has 5 heteroatoms. The zero-order valence-corrected chi connectivity index (χ0v) is 10.7. The molecule has 0 saturated carbocycles. The molecule has 1 aromatic carbocycles. The van der Waals surface area contributed by atoms with Gasteiger partial charge in [-0.05, 0) is 11.6 Å². The van der Waals surface area contributed by atoms with E-state index in [4.69, 9.17) is 17.3 Å². The minimum absolute atomic E-state index is 0. The lowest BCUT2D eigenvalue weighted by Gasteiger charge is -2.30. The van der Waals surface area contributed by atoms with Crippen LogP contribution in [0.3, 0.4) is 0 Å². The van der Waals surface area contributed by atoms with Crippen LogP contribution in [0.2, 0.25) is 5.02 Å². The topological polar surface area (TPSA) is 41.3 Å². The van der Waals surface area contributed by atoms with Crippen LogP contribution in [0.5, 0.6) is 0 Å². The largest absolute Gasteiger partial charge is 0.368 e. The van der Waals surface area contributed by atoms with Crippen LogP contribution >= 0.6 is 24.0 Å². The van der Waals surface area contributed by atoms with Crippen LogP contribution in [0.25, 0.3) is 0 Å². The Bertz CT molecular complexity index is 338. The minimum Gasteiger partial charge on any atom is -0.368 e. The first-order valence-corrected chi connectivity index (χ1v) is 5.64. The monoisotopic (exact) mass is 261 g/mol. The molecule has 0 unspecified atom stereocenters. The van der Waals surface area contributed by atoms with E-state index < -0.39 is 0 Å². The third kappa shape index (κ3) is 2.80. The van der Waals surface area contributed by atoms with Crippen LogP contribution in [0, 0.1) is 0 Å². The summed E-state index contributed by atoms with van der Waals surface area (Å²) in [6, 6.07) is 6.06. The standard InChI is InChI=1S/C11H16ClN3.ClH/c12-11-9(8-13)2-1-3-10(11)15-6-4-14-5-7-15;/h1-3,14H,4-8,13H2;1H. The highest BCUT2D eigenvalue weighted by molar-refractivity contribution is 6.34. The Morgan fingerprint density at radius 1 is 1.31 bits per heavy atom. The van der Waals surface area contributed by atoms with E-state index in [1.165, 1.54) is 0 Å². The molecule has 1 aromatic rings. The molecule has 1 saturated heterocycles. The fraction of sp³-hybridized carbons (Fsp3) is 0.455. The fourth-order valence-corrected chi connectivity index (χ4v) is 2.20. The first kappa shape index (κ1) is 13.6. The van der Waals surface area contributed by atoms with Gasteiger partial charge in [0.15, 0.2) is 0 Å². The molecule has 0 amide bonds. The minimum atomic E-state index is 0. The molecule has 0 aromatic heterocycles. The molecule has 0 aliphatic carbocycles. The number of rotatable bonds is 2. The van der Waals surface area contributed by atoms with Crippen molar-refractivity contribution in [3.05, 3.63) is 28.8 Å². The number of benzene rings is 1. The molecule has 90 valence electrons. The summed E-state index contributed by atoms with van der Waals surface area (Å²) in [7, 11) is 0. The van der Waals surface area contributed by atoms with Gasteiger partial charge in [-0.25, -0.2) is 0 Å². The van der Waals surface area contributed by atoms with Crippen molar-refractivity contribution in [2.75, 3.05) is 31.1 Å². The Morgan fingerprint density at radius 2 is 2.00 bits per heavy atom. The molecule has 1 fully saturated rings. The number of anilines is 1. The van der Waals surface area contributed by atoms with Crippen molar-refractivity contribution in [1.29, 1.82) is 0 Å². The number of halogens is 2. The van der Waals surface area contributed by atoms with Crippen molar-refractivity contribution in [2.24, 2.45) is 5.73 Å². The van der Waals surface area contributed by atoms with Crippen molar-refractivity contribution < 1.29 is 0 Å². The number of nitrogens with one attached hydrogen (secondary N) is 1. The molecule has 3 N–H and O–H groups in total. The van der Waals surface area contributed by atoms with Gasteiger partial charge in [-0.15, -0.1) is 12.4 Å². The quantitative estimate of drug-likeness (QED) is 0.851. The second-order valence-corrected chi connectivity index (χ2v) is 4.07. The number of nitrogens with zero attached hydrogens (tertiary/aromatic N) is 1. The number of piperazine rings is 1. The van der Waals surface area contributed by atoms with Crippen molar-refractivity contribution in [3.8, 4) is 0 Å². The van der Waals surface area contributed by atoms with Gasteiger partial charge in [-0.3, -0.25) is 0 Å². The average molecular weight is 262 g/mol. The predicted molar refractivity (Wildman–Crippen MR) is 71.7 cm³/mol. The summed E-state index contributed by atoms with van der Waals surface area (Å²) in [5.74, 6) is 0. The Kier molecular flexibility index (Phi) is 5.35. The van der Waals surface area contributed by atoms with E-state index in [1.807, 2.05) is 12.1 Å². The smallest absolute Gasteiger partial charge is 0.0684 e. The van der Waals surface area contributed by atoms with Crippen LogP contribution < -0.4 is 16.0 Å². The zero-order chi connectivity index (χ0) is 10.7. The zero-order valence-electron chi connectivity index (χ0n) is 9.08. The van der Waals surface area contributed by atoms with Gasteiger partial charge in [-0.2, -0.15) is 0 Å². The highest BCUT2D eigenvalue weighted by Crippen LogP contribution is 2.29. The summed E-state index contributed by atoms with van der Waals surface area (Å²) in [5.41, 5.74) is 7.77. The molecule has 1 aliphatic rings. The summed E-state index contributed by atoms with van der Waals surface area (Å²) in [6.45, 7) is 4.55. The second kappa shape index (κ2) is 6.30. The Morgan fingerprint density at radius 3 is 2.62 bits per heavy atom. The average Bonchev–Trinajstić information content (AvgIpc) is 2.30. The van der Waals surface area contributed by atoms with Gasteiger partial charge in [0.1, 0.15) is 0 Å². The van der Waals surface area contributed by atoms with E-state index in [2.05, 4.69) is 16.3 Å². The highest BCUT2D eigenvalue weighted by Gasteiger charge is 2.14. The van der Waals surface area contributed by atoms with E-state index in [0.29, 0.717) is 6.54 Å². The maximum atomic E-state index is 6.30. The van der Waals surface area contributed by atoms with Crippen LogP contribution in [-0.2, 0) is 6.54 Å². The van der Waals surface area contributed by atoms with Gasteiger partial charge < -0.3 is 16.0 Å². The van der Waals surface area contributed by atoms with Crippen LogP contribution in [0.1, 0.15) is 5.56 Å². The van der Waals surface area contributed by atoms with Crippen molar-refractivity contribution in [2.45, 2.75) is 6.54 Å². The fourth-order valence-electron chi connectivity index (χ4n) is 1.87. The summed E-state index contributed by atoms with van der Waals surface area (Å²) in [6.07, 6.45) is 0.